The number of urea groups is 1. The number of hydrogen-bond donors (Lipinski definition) is 2. The Labute approximate surface area is 152 Å². The van der Waals surface area contributed by atoms with Gasteiger partial charge in [-0.1, -0.05) is 13.8 Å². The summed E-state index contributed by atoms with van der Waals surface area (Å²) in [6.07, 6.45) is 0.321. The molecule has 0 spiro atoms. The molecule has 0 radical (unpaired) electrons. The van der Waals surface area contributed by atoms with Gasteiger partial charge in [-0.2, -0.15) is 5.43 Å². The molecule has 140 valence electrons. The van der Waals surface area contributed by atoms with Gasteiger partial charge in [-0.05, 0) is 31.9 Å². The zero-order valence-corrected chi connectivity index (χ0v) is 16.0. The van der Waals surface area contributed by atoms with Crippen LogP contribution >= 0.6 is 11.8 Å². The van der Waals surface area contributed by atoms with E-state index in [-0.39, 0.29) is 41.7 Å². The lowest BCUT2D eigenvalue weighted by atomic mass is 10.0. The summed E-state index contributed by atoms with van der Waals surface area (Å²) in [6, 6.07) is -0.297. The van der Waals surface area contributed by atoms with Gasteiger partial charge in [0.1, 0.15) is 11.8 Å². The highest BCUT2D eigenvalue weighted by Gasteiger charge is 2.55. The van der Waals surface area contributed by atoms with Crippen molar-refractivity contribution in [3.63, 3.8) is 0 Å². The summed E-state index contributed by atoms with van der Waals surface area (Å²) in [5, 5.41) is 3.95. The van der Waals surface area contributed by atoms with Crippen molar-refractivity contribution >= 4 is 29.6 Å². The largest absolute Gasteiger partial charge is 0.352 e. The van der Waals surface area contributed by atoms with Crippen LogP contribution in [0.3, 0.4) is 0 Å². The van der Waals surface area contributed by atoms with Crippen molar-refractivity contribution in [1.82, 2.24) is 25.6 Å². The molecule has 9 heteroatoms. The Kier molecular flexibility index (Phi) is 5.15. The van der Waals surface area contributed by atoms with Crippen LogP contribution < -0.4 is 10.7 Å². The minimum Gasteiger partial charge on any atom is -0.352 e. The van der Waals surface area contributed by atoms with E-state index in [9.17, 15) is 14.4 Å². The molecule has 0 aromatic rings. The molecule has 3 fully saturated rings. The number of amides is 4. The average Bonchev–Trinajstić information content (AvgIpc) is 3.08. The van der Waals surface area contributed by atoms with Crippen molar-refractivity contribution in [3.8, 4) is 0 Å². The predicted molar refractivity (Wildman–Crippen MR) is 95.3 cm³/mol. The molecular weight excluding hydrogens is 342 g/mol. The lowest BCUT2D eigenvalue weighted by Crippen LogP contribution is -2.66. The van der Waals surface area contributed by atoms with Gasteiger partial charge in [-0.15, -0.1) is 11.8 Å². The monoisotopic (exact) mass is 369 g/mol. The lowest BCUT2D eigenvalue weighted by Gasteiger charge is -2.44. The molecule has 4 amide bonds. The Hall–Kier alpha value is -1.48. The standard InChI is InChI=1S/C16H27N5O3S/c1-9(2)7-19-14(23)13-11(5-6-25-13)21-15(19)18-20(16(21)24)8-12(22)17-10(3)4/h9-11,13,15,18H,5-8H2,1-4H3,(H,17,22). The number of carbonyl (C=O) groups excluding carboxylic acids is 3. The molecule has 3 rings (SSSR count). The maximum Gasteiger partial charge on any atom is 0.337 e. The minimum atomic E-state index is -0.491. The second-order valence-corrected chi connectivity index (χ2v) is 8.78. The highest BCUT2D eigenvalue weighted by Crippen LogP contribution is 2.39. The fourth-order valence-corrected chi connectivity index (χ4v) is 5.03. The molecule has 3 aliphatic rings. The summed E-state index contributed by atoms with van der Waals surface area (Å²) >= 11 is 1.63. The van der Waals surface area contributed by atoms with Gasteiger partial charge in [0, 0.05) is 12.6 Å². The molecule has 3 aliphatic heterocycles. The summed E-state index contributed by atoms with van der Waals surface area (Å²) < 4.78 is 0. The molecule has 0 aromatic heterocycles. The Morgan fingerprint density at radius 3 is 2.68 bits per heavy atom. The van der Waals surface area contributed by atoms with Crippen molar-refractivity contribution in [2.75, 3.05) is 18.8 Å². The first kappa shape index (κ1) is 18.3. The number of thioether (sulfide) groups is 1. The van der Waals surface area contributed by atoms with Crippen LogP contribution in [0.4, 0.5) is 4.79 Å². The van der Waals surface area contributed by atoms with Crippen molar-refractivity contribution in [2.24, 2.45) is 5.92 Å². The van der Waals surface area contributed by atoms with E-state index in [1.807, 2.05) is 13.8 Å². The van der Waals surface area contributed by atoms with Crippen LogP contribution in [0.2, 0.25) is 0 Å². The normalized spacial score (nSPS) is 28.9. The van der Waals surface area contributed by atoms with Crippen LogP contribution in [-0.2, 0) is 9.59 Å². The van der Waals surface area contributed by atoms with E-state index in [2.05, 4.69) is 24.6 Å². The molecule has 3 heterocycles. The van der Waals surface area contributed by atoms with Crippen LogP contribution in [0.25, 0.3) is 0 Å². The molecule has 0 aliphatic carbocycles. The fourth-order valence-electron chi connectivity index (χ4n) is 3.63. The first-order valence-corrected chi connectivity index (χ1v) is 9.92. The van der Waals surface area contributed by atoms with Crippen molar-refractivity contribution in [3.05, 3.63) is 0 Å². The van der Waals surface area contributed by atoms with Gasteiger partial charge in [0.2, 0.25) is 11.8 Å². The van der Waals surface area contributed by atoms with E-state index in [4.69, 9.17) is 0 Å². The van der Waals surface area contributed by atoms with Gasteiger partial charge < -0.3 is 10.2 Å². The third-order valence-electron chi connectivity index (χ3n) is 4.54. The van der Waals surface area contributed by atoms with E-state index in [0.717, 1.165) is 12.2 Å². The van der Waals surface area contributed by atoms with E-state index in [1.54, 1.807) is 21.6 Å². The number of nitrogens with one attached hydrogen (secondary N) is 2. The molecule has 3 atom stereocenters. The SMILES string of the molecule is CC(C)CN1C(=O)C2SCCC2N2C(=O)N(CC(=O)NC(C)C)NC12. The van der Waals surface area contributed by atoms with Gasteiger partial charge in [0.05, 0.1) is 6.04 Å². The van der Waals surface area contributed by atoms with Crippen molar-refractivity contribution < 1.29 is 14.4 Å². The van der Waals surface area contributed by atoms with Crippen molar-refractivity contribution in [1.29, 1.82) is 0 Å². The van der Waals surface area contributed by atoms with Crippen molar-refractivity contribution in [2.45, 2.75) is 57.7 Å². The second kappa shape index (κ2) is 7.03. The third kappa shape index (κ3) is 3.44. The Balaban J connectivity index is 1.80. The van der Waals surface area contributed by atoms with Crippen LogP contribution in [0.15, 0.2) is 0 Å². The summed E-state index contributed by atoms with van der Waals surface area (Å²) in [4.78, 5) is 41.4. The molecule has 3 saturated heterocycles. The summed E-state index contributed by atoms with van der Waals surface area (Å²) in [7, 11) is 0. The highest BCUT2D eigenvalue weighted by atomic mass is 32.2. The quantitative estimate of drug-likeness (QED) is 0.733. The number of nitrogens with zero attached hydrogens (tertiary/aromatic N) is 3. The van der Waals surface area contributed by atoms with E-state index in [1.165, 1.54) is 5.01 Å². The number of fused-ring (bicyclic) bond motifs is 3. The fraction of sp³-hybridized carbons (Fsp3) is 0.812. The smallest absolute Gasteiger partial charge is 0.337 e. The first-order valence-electron chi connectivity index (χ1n) is 8.87. The number of hydrazine groups is 1. The first-order chi connectivity index (χ1) is 11.8. The molecular formula is C16H27N5O3S. The summed E-state index contributed by atoms with van der Waals surface area (Å²) in [6.45, 7) is 8.38. The van der Waals surface area contributed by atoms with E-state index < -0.39 is 6.29 Å². The molecule has 0 aromatic carbocycles. The molecule has 2 N–H and O–H groups in total. The average molecular weight is 369 g/mol. The third-order valence-corrected chi connectivity index (χ3v) is 5.89. The number of hydrogen-bond acceptors (Lipinski definition) is 5. The van der Waals surface area contributed by atoms with Crippen LogP contribution in [0.1, 0.15) is 34.1 Å². The minimum absolute atomic E-state index is 0.0161. The molecule has 8 nitrogen and oxygen atoms in total. The maximum atomic E-state index is 12.9. The van der Waals surface area contributed by atoms with Gasteiger partial charge in [0.15, 0.2) is 6.29 Å². The highest BCUT2D eigenvalue weighted by molar-refractivity contribution is 8.00. The molecule has 3 unspecified atom stereocenters. The van der Waals surface area contributed by atoms with Crippen LogP contribution in [-0.4, -0.2) is 75.1 Å². The van der Waals surface area contributed by atoms with Crippen LogP contribution in [0.5, 0.6) is 0 Å². The number of carbonyl (C=O) groups is 3. The number of rotatable bonds is 5. The lowest BCUT2D eigenvalue weighted by molar-refractivity contribution is -0.145. The summed E-state index contributed by atoms with van der Waals surface area (Å²) in [5.41, 5.74) is 3.09. The van der Waals surface area contributed by atoms with Gasteiger partial charge in [0.25, 0.3) is 0 Å². The predicted octanol–water partition coefficient (Wildman–Crippen LogP) is 0.409. The second-order valence-electron chi connectivity index (χ2n) is 7.53. The maximum absolute atomic E-state index is 12.9. The van der Waals surface area contributed by atoms with Gasteiger partial charge >= 0.3 is 6.03 Å². The Morgan fingerprint density at radius 1 is 1.32 bits per heavy atom. The topological polar surface area (TPSA) is 85.0 Å². The zero-order chi connectivity index (χ0) is 18.3. The van der Waals surface area contributed by atoms with Crippen LogP contribution in [0, 0.1) is 5.92 Å². The molecule has 25 heavy (non-hydrogen) atoms. The summed E-state index contributed by atoms with van der Waals surface area (Å²) in [5.74, 6) is 1.05. The Bertz CT molecular complexity index is 570. The molecule has 0 bridgehead atoms. The van der Waals surface area contributed by atoms with Gasteiger partial charge in [-0.25, -0.2) is 9.80 Å². The molecule has 0 saturated carbocycles. The van der Waals surface area contributed by atoms with E-state index in [0.29, 0.717) is 12.5 Å². The Morgan fingerprint density at radius 2 is 2.04 bits per heavy atom. The zero-order valence-electron chi connectivity index (χ0n) is 15.2. The van der Waals surface area contributed by atoms with E-state index >= 15 is 0 Å². The van der Waals surface area contributed by atoms with Gasteiger partial charge in [-0.3, -0.25) is 14.5 Å².